The van der Waals surface area contributed by atoms with Crippen molar-refractivity contribution in [2.75, 3.05) is 19.8 Å². The summed E-state index contributed by atoms with van der Waals surface area (Å²) in [5.41, 5.74) is -6.34. The lowest BCUT2D eigenvalue weighted by Gasteiger charge is -2.67. The molecule has 63 heavy (non-hydrogen) atoms. The van der Waals surface area contributed by atoms with Crippen molar-refractivity contribution in [2.45, 2.75) is 126 Å². The van der Waals surface area contributed by atoms with Gasteiger partial charge in [-0.15, -0.1) is 0 Å². The highest BCUT2D eigenvalue weighted by Gasteiger charge is 2.74. The van der Waals surface area contributed by atoms with E-state index in [-0.39, 0.29) is 36.2 Å². The van der Waals surface area contributed by atoms with E-state index >= 15 is 4.79 Å². The van der Waals surface area contributed by atoms with Gasteiger partial charge in [0.1, 0.15) is 42.7 Å². The number of benzene rings is 2. The maximum absolute atomic E-state index is 15.3. The smallest absolute Gasteiger partial charge is 0.338 e. The fourth-order valence-corrected chi connectivity index (χ4v) is 10.9. The first kappa shape index (κ1) is 46.8. The molecular formula is C45H57NO17. The summed E-state index contributed by atoms with van der Waals surface area (Å²) in [6.07, 6.45) is -16.7. The number of esters is 2. The molecular weight excluding hydrogens is 826 g/mol. The second-order valence-electron chi connectivity index (χ2n) is 18.3. The van der Waals surface area contributed by atoms with Crippen LogP contribution in [-0.2, 0) is 38.1 Å². The Labute approximate surface area is 363 Å². The monoisotopic (exact) mass is 883 g/mol. The van der Waals surface area contributed by atoms with Gasteiger partial charge in [-0.2, -0.15) is 0 Å². The number of carbonyl (C=O) groups is 4. The summed E-state index contributed by atoms with van der Waals surface area (Å²) >= 11 is 0. The Morgan fingerprint density at radius 2 is 1.56 bits per heavy atom. The van der Waals surface area contributed by atoms with Gasteiger partial charge in [0.25, 0.3) is 5.91 Å². The van der Waals surface area contributed by atoms with Crippen LogP contribution >= 0.6 is 0 Å². The Balaban J connectivity index is 1.26. The van der Waals surface area contributed by atoms with E-state index in [0.29, 0.717) is 5.56 Å². The summed E-state index contributed by atoms with van der Waals surface area (Å²) in [6, 6.07) is 15.1. The predicted molar refractivity (Wildman–Crippen MR) is 216 cm³/mol. The van der Waals surface area contributed by atoms with Crippen LogP contribution < -0.4 is 5.32 Å². The van der Waals surface area contributed by atoms with Crippen LogP contribution in [0.3, 0.4) is 0 Å². The molecule has 16 atom stereocenters. The molecule has 18 heteroatoms. The maximum Gasteiger partial charge on any atom is 0.338 e. The number of amides is 1. The van der Waals surface area contributed by atoms with Gasteiger partial charge in [-0.1, -0.05) is 69.3 Å². The maximum atomic E-state index is 15.3. The average Bonchev–Trinajstić information content (AvgIpc) is 3.26. The summed E-state index contributed by atoms with van der Waals surface area (Å²) < 4.78 is 28.5. The predicted octanol–water partition coefficient (Wildman–Crippen LogP) is -0.628. The molecule has 7 rings (SSSR count). The standard InChI is InChI=1S/C45H57NO17/c1-21-25(61-40(56)33(51)31(23-12-8-6-9-13-23)46-39(55)24-14-10-7-11-15-24)17-45(58)22(2)37-43(5,27(48)16-28-44(37,57)20-60-28)38(54)36(30(21)42(45,3)4)63-29(49)19-59-41-35(53)34(52)32(50)26(18-47)62-41/h6-15,22,25-28,31-37,41,47-48,50-53,57-58H,16-20H2,1-5H3,(H,46,55)/t22?,25?,26?,27?,28?,31?,32?,33?,34?,35?,36?,37?,41?,43-,44+,45?/m1/s1. The molecule has 0 radical (unpaired) electrons. The van der Waals surface area contributed by atoms with Gasteiger partial charge in [0.15, 0.2) is 24.3 Å². The zero-order valence-electron chi connectivity index (χ0n) is 35.6. The van der Waals surface area contributed by atoms with E-state index in [4.69, 9.17) is 23.7 Å². The van der Waals surface area contributed by atoms with Crippen LogP contribution in [0.15, 0.2) is 71.8 Å². The summed E-state index contributed by atoms with van der Waals surface area (Å²) in [7, 11) is 0. The molecule has 14 unspecified atom stereocenters. The van der Waals surface area contributed by atoms with Crippen molar-refractivity contribution in [3.8, 4) is 0 Å². The van der Waals surface area contributed by atoms with Gasteiger partial charge in [-0.25, -0.2) is 9.59 Å². The Morgan fingerprint density at radius 1 is 0.921 bits per heavy atom. The quantitative estimate of drug-likeness (QED) is 0.100. The normalized spacial score (nSPS) is 39.3. The van der Waals surface area contributed by atoms with E-state index in [9.17, 15) is 55.2 Å². The van der Waals surface area contributed by atoms with E-state index < -0.39 is 138 Å². The molecule has 0 spiro atoms. The third-order valence-electron chi connectivity index (χ3n) is 14.6. The number of Topliss-reactive ketones (excluding diaryl/α,β-unsaturated/α-hetero) is 1. The van der Waals surface area contributed by atoms with Crippen molar-refractivity contribution in [1.29, 1.82) is 0 Å². The van der Waals surface area contributed by atoms with Crippen molar-refractivity contribution < 1.29 is 83.7 Å². The Bertz CT molecular complexity index is 2080. The molecule has 18 nitrogen and oxygen atoms in total. The number of rotatable bonds is 11. The Hall–Kier alpha value is -4.18. The molecule has 2 saturated heterocycles. The first-order valence-corrected chi connectivity index (χ1v) is 21.0. The molecule has 5 aliphatic rings. The average molecular weight is 884 g/mol. The number of ketones is 1. The van der Waals surface area contributed by atoms with Crippen LogP contribution in [0.5, 0.6) is 0 Å². The lowest BCUT2D eigenvalue weighted by Crippen LogP contribution is -2.79. The molecule has 3 aliphatic carbocycles. The van der Waals surface area contributed by atoms with Crippen molar-refractivity contribution >= 4 is 23.6 Å². The fraction of sp³-hybridized carbons (Fsp3) is 0.600. The number of nitrogens with one attached hydrogen (secondary N) is 1. The van der Waals surface area contributed by atoms with E-state index in [0.717, 1.165) is 0 Å². The number of carbonyl (C=O) groups excluding carboxylic acids is 4. The minimum Gasteiger partial charge on any atom is -0.456 e. The number of hydrogen-bond donors (Lipinski definition) is 9. The van der Waals surface area contributed by atoms with Gasteiger partial charge in [0, 0.05) is 29.7 Å². The summed E-state index contributed by atoms with van der Waals surface area (Å²) in [4.78, 5) is 56.7. The number of aliphatic hydroxyl groups excluding tert-OH is 6. The van der Waals surface area contributed by atoms with Gasteiger partial charge < -0.3 is 69.9 Å². The van der Waals surface area contributed by atoms with Gasteiger partial charge in [0.05, 0.1) is 42.5 Å². The number of hydrogen-bond acceptors (Lipinski definition) is 17. The summed E-state index contributed by atoms with van der Waals surface area (Å²) in [5.74, 6) is -6.14. The van der Waals surface area contributed by atoms with E-state index in [1.54, 1.807) is 81.4 Å². The molecule has 0 aromatic heterocycles. The first-order valence-electron chi connectivity index (χ1n) is 21.0. The second-order valence-corrected chi connectivity index (χ2v) is 18.3. The highest BCUT2D eigenvalue weighted by Crippen LogP contribution is 2.64. The SMILES string of the molecule is CC1=C2C(OC(=O)COC3OC(CO)C(O)C(O)C3O)C(=O)[C@]3(C)C(O)CC4OC[C@@]4(O)C3C(C)C(O)(CC1OC(=O)C(O)C(NC(=O)c1ccccc1)c1ccccc1)C2(C)C. The number of aliphatic hydroxyl groups is 8. The molecule has 2 aliphatic heterocycles. The van der Waals surface area contributed by atoms with E-state index in [1.165, 1.54) is 13.8 Å². The van der Waals surface area contributed by atoms with E-state index in [2.05, 4.69) is 5.32 Å². The minimum absolute atomic E-state index is 0.00409. The fourth-order valence-electron chi connectivity index (χ4n) is 10.9. The molecule has 2 heterocycles. The van der Waals surface area contributed by atoms with Gasteiger partial charge >= 0.3 is 11.9 Å². The topological polar surface area (TPSA) is 288 Å². The lowest BCUT2D eigenvalue weighted by atomic mass is 9.43. The number of ether oxygens (including phenoxy) is 5. The van der Waals surface area contributed by atoms with Crippen molar-refractivity contribution in [2.24, 2.45) is 22.7 Å². The highest BCUT2D eigenvalue weighted by molar-refractivity contribution is 5.96. The molecule has 2 saturated carbocycles. The molecule has 344 valence electrons. The van der Waals surface area contributed by atoms with Crippen LogP contribution in [0.25, 0.3) is 0 Å². The van der Waals surface area contributed by atoms with Crippen molar-refractivity contribution in [3.05, 3.63) is 82.9 Å². The molecule has 2 aromatic carbocycles. The summed E-state index contributed by atoms with van der Waals surface area (Å²) in [5, 5.41) is 92.3. The Kier molecular flexibility index (Phi) is 12.9. The van der Waals surface area contributed by atoms with E-state index in [1.807, 2.05) is 0 Å². The molecule has 4 fully saturated rings. The number of fused-ring (bicyclic) bond motifs is 5. The lowest BCUT2D eigenvalue weighted by molar-refractivity contribution is -0.336. The van der Waals surface area contributed by atoms with Crippen LogP contribution in [0.1, 0.15) is 69.4 Å². The zero-order valence-corrected chi connectivity index (χ0v) is 35.6. The minimum atomic E-state index is -2.01. The third-order valence-corrected chi connectivity index (χ3v) is 14.6. The first-order chi connectivity index (χ1) is 29.6. The van der Waals surface area contributed by atoms with Crippen molar-refractivity contribution in [3.63, 3.8) is 0 Å². The van der Waals surface area contributed by atoms with Gasteiger partial charge in [-0.3, -0.25) is 9.59 Å². The molecule has 1 amide bonds. The summed E-state index contributed by atoms with van der Waals surface area (Å²) in [6.45, 7) is 5.78. The Morgan fingerprint density at radius 3 is 2.16 bits per heavy atom. The van der Waals surface area contributed by atoms with Crippen LogP contribution in [0.4, 0.5) is 0 Å². The van der Waals surface area contributed by atoms with Crippen LogP contribution in [0.2, 0.25) is 0 Å². The largest absolute Gasteiger partial charge is 0.456 e. The molecule has 2 bridgehead atoms. The third kappa shape index (κ3) is 7.71. The van der Waals surface area contributed by atoms with Gasteiger partial charge in [-0.05, 0) is 48.6 Å². The molecule has 9 N–H and O–H groups in total. The van der Waals surface area contributed by atoms with Gasteiger partial charge in [0.2, 0.25) is 0 Å². The van der Waals surface area contributed by atoms with Crippen LogP contribution in [-0.4, -0.2) is 157 Å². The van der Waals surface area contributed by atoms with Crippen LogP contribution in [0, 0.1) is 22.7 Å². The second kappa shape index (κ2) is 17.3. The highest BCUT2D eigenvalue weighted by atomic mass is 16.7. The molecule has 2 aromatic rings. The zero-order chi connectivity index (χ0) is 46.0. The van der Waals surface area contributed by atoms with Crippen molar-refractivity contribution in [1.82, 2.24) is 5.32 Å².